The first-order valence-electron chi connectivity index (χ1n) is 9.10. The van der Waals surface area contributed by atoms with Gasteiger partial charge in [0.15, 0.2) is 23.0 Å². The maximum absolute atomic E-state index is 12.3. The number of rotatable bonds is 6. The maximum Gasteiger partial charge on any atom is 0.319 e. The van der Waals surface area contributed by atoms with Gasteiger partial charge in [-0.05, 0) is 29.8 Å². The number of hydrogen-bond acceptors (Lipinski definition) is 5. The van der Waals surface area contributed by atoms with Crippen molar-refractivity contribution in [3.8, 4) is 23.0 Å². The van der Waals surface area contributed by atoms with E-state index in [-0.39, 0.29) is 11.4 Å². The molecule has 0 saturated heterocycles. The van der Waals surface area contributed by atoms with Gasteiger partial charge in [-0.15, -0.1) is 0 Å². The Hall–Kier alpha value is -3.09. The van der Waals surface area contributed by atoms with Gasteiger partial charge in [0.25, 0.3) is 0 Å². The third kappa shape index (κ3) is 4.42. The number of anilines is 1. The van der Waals surface area contributed by atoms with E-state index in [1.54, 1.807) is 32.4 Å². The molecule has 7 heteroatoms. The van der Waals surface area contributed by atoms with E-state index in [1.165, 1.54) is 0 Å². The zero-order valence-electron chi connectivity index (χ0n) is 16.6. The Morgan fingerprint density at radius 1 is 1.00 bits per heavy atom. The van der Waals surface area contributed by atoms with Crippen LogP contribution in [-0.2, 0) is 5.41 Å². The van der Waals surface area contributed by atoms with Gasteiger partial charge in [-0.2, -0.15) is 0 Å². The molecule has 0 unspecified atom stereocenters. The van der Waals surface area contributed by atoms with Crippen LogP contribution in [0.15, 0.2) is 36.4 Å². The number of carbonyl (C=O) groups excluding carboxylic acids is 1. The van der Waals surface area contributed by atoms with Crippen molar-refractivity contribution in [1.29, 1.82) is 0 Å². The molecule has 0 fully saturated rings. The highest BCUT2D eigenvalue weighted by molar-refractivity contribution is 5.89. The van der Waals surface area contributed by atoms with Crippen LogP contribution in [0.5, 0.6) is 23.0 Å². The molecule has 28 heavy (non-hydrogen) atoms. The highest BCUT2D eigenvalue weighted by Gasteiger charge is 2.23. The second-order valence-corrected chi connectivity index (χ2v) is 7.12. The molecule has 1 aliphatic heterocycles. The van der Waals surface area contributed by atoms with E-state index < -0.39 is 0 Å². The second kappa shape index (κ2) is 8.29. The molecule has 7 nitrogen and oxygen atoms in total. The third-order valence-electron chi connectivity index (χ3n) is 4.66. The molecule has 0 aliphatic carbocycles. The molecule has 0 radical (unpaired) electrons. The standard InChI is InChI=1S/C21H26N2O5/c1-21(2,14-5-7-16(25-3)18(11-14)26-4)13-22-20(24)23-15-6-8-17-19(12-15)28-10-9-27-17/h5-8,11-12H,9-10,13H2,1-4H3,(H2,22,23,24). The minimum absolute atomic E-state index is 0.287. The molecule has 1 aliphatic rings. The van der Waals surface area contributed by atoms with E-state index in [2.05, 4.69) is 24.5 Å². The van der Waals surface area contributed by atoms with Crippen LogP contribution in [-0.4, -0.2) is 40.0 Å². The van der Waals surface area contributed by atoms with Crippen LogP contribution in [0.25, 0.3) is 0 Å². The summed E-state index contributed by atoms with van der Waals surface area (Å²) in [6.45, 7) is 5.59. The van der Waals surface area contributed by atoms with Gasteiger partial charge < -0.3 is 29.6 Å². The normalized spacial score (nSPS) is 12.9. The Kier molecular flexibility index (Phi) is 5.82. The molecular formula is C21H26N2O5. The number of methoxy groups -OCH3 is 2. The van der Waals surface area contributed by atoms with Crippen LogP contribution in [0.1, 0.15) is 19.4 Å². The van der Waals surface area contributed by atoms with Crippen LogP contribution in [0.3, 0.4) is 0 Å². The summed E-state index contributed by atoms with van der Waals surface area (Å²) in [7, 11) is 3.21. The first kappa shape index (κ1) is 19.7. The van der Waals surface area contributed by atoms with Crippen molar-refractivity contribution in [3.63, 3.8) is 0 Å². The third-order valence-corrected chi connectivity index (χ3v) is 4.66. The summed E-state index contributed by atoms with van der Waals surface area (Å²) in [5.41, 5.74) is 1.37. The van der Waals surface area contributed by atoms with Gasteiger partial charge in [0.2, 0.25) is 0 Å². The van der Waals surface area contributed by atoms with E-state index in [0.29, 0.717) is 48.4 Å². The van der Waals surface area contributed by atoms with Crippen molar-refractivity contribution in [2.75, 3.05) is 39.3 Å². The van der Waals surface area contributed by atoms with Crippen LogP contribution < -0.4 is 29.6 Å². The molecule has 2 amide bonds. The quantitative estimate of drug-likeness (QED) is 0.794. The topological polar surface area (TPSA) is 78.1 Å². The van der Waals surface area contributed by atoms with Crippen LogP contribution in [0.2, 0.25) is 0 Å². The van der Waals surface area contributed by atoms with Crippen molar-refractivity contribution < 1.29 is 23.7 Å². The first-order valence-corrected chi connectivity index (χ1v) is 9.10. The van der Waals surface area contributed by atoms with Gasteiger partial charge in [0.1, 0.15) is 13.2 Å². The molecule has 150 valence electrons. The lowest BCUT2D eigenvalue weighted by atomic mass is 9.84. The SMILES string of the molecule is COc1ccc(C(C)(C)CNC(=O)Nc2ccc3c(c2)OCCO3)cc1OC. The van der Waals surface area contributed by atoms with E-state index >= 15 is 0 Å². The zero-order valence-corrected chi connectivity index (χ0v) is 16.6. The number of urea groups is 1. The highest BCUT2D eigenvalue weighted by atomic mass is 16.6. The number of carbonyl (C=O) groups is 1. The molecule has 0 saturated carbocycles. The van der Waals surface area contributed by atoms with Gasteiger partial charge in [-0.1, -0.05) is 19.9 Å². The summed E-state index contributed by atoms with van der Waals surface area (Å²) >= 11 is 0. The molecule has 0 bridgehead atoms. The molecule has 0 atom stereocenters. The first-order chi connectivity index (χ1) is 13.4. The van der Waals surface area contributed by atoms with Crippen LogP contribution in [0, 0.1) is 0 Å². The summed E-state index contributed by atoms with van der Waals surface area (Å²) in [5.74, 6) is 2.65. The van der Waals surface area contributed by atoms with E-state index in [0.717, 1.165) is 5.56 Å². The predicted molar refractivity (Wildman–Crippen MR) is 107 cm³/mol. The minimum atomic E-state index is -0.302. The smallest absolute Gasteiger partial charge is 0.319 e. The number of benzene rings is 2. The lowest BCUT2D eigenvalue weighted by Crippen LogP contribution is -2.39. The minimum Gasteiger partial charge on any atom is -0.493 e. The Morgan fingerprint density at radius 3 is 2.43 bits per heavy atom. The fourth-order valence-electron chi connectivity index (χ4n) is 2.96. The van der Waals surface area contributed by atoms with Crippen LogP contribution >= 0.6 is 0 Å². The van der Waals surface area contributed by atoms with E-state index in [4.69, 9.17) is 18.9 Å². The molecule has 0 aromatic heterocycles. The highest BCUT2D eigenvalue weighted by Crippen LogP contribution is 2.34. The summed E-state index contributed by atoms with van der Waals surface area (Å²) in [6, 6.07) is 10.8. The molecule has 1 heterocycles. The Morgan fingerprint density at radius 2 is 1.71 bits per heavy atom. The summed E-state index contributed by atoms with van der Waals surface area (Å²) < 4.78 is 21.7. The maximum atomic E-state index is 12.3. The monoisotopic (exact) mass is 386 g/mol. The van der Waals surface area contributed by atoms with Crippen molar-refractivity contribution >= 4 is 11.7 Å². The summed E-state index contributed by atoms with van der Waals surface area (Å²) in [5, 5.41) is 5.75. The van der Waals surface area contributed by atoms with Crippen molar-refractivity contribution in [2.45, 2.75) is 19.3 Å². The average molecular weight is 386 g/mol. The van der Waals surface area contributed by atoms with Gasteiger partial charge in [0, 0.05) is 23.7 Å². The number of ether oxygens (including phenoxy) is 4. The second-order valence-electron chi connectivity index (χ2n) is 7.12. The fraction of sp³-hybridized carbons (Fsp3) is 0.381. The van der Waals surface area contributed by atoms with Gasteiger partial charge in [0.05, 0.1) is 14.2 Å². The van der Waals surface area contributed by atoms with Crippen molar-refractivity contribution in [1.82, 2.24) is 5.32 Å². The number of nitrogens with one attached hydrogen (secondary N) is 2. The number of fused-ring (bicyclic) bond motifs is 1. The van der Waals surface area contributed by atoms with Crippen LogP contribution in [0.4, 0.5) is 10.5 Å². The van der Waals surface area contributed by atoms with Gasteiger partial charge >= 0.3 is 6.03 Å². The predicted octanol–water partition coefficient (Wildman–Crippen LogP) is 3.57. The zero-order chi connectivity index (χ0) is 20.1. The Labute approximate surface area is 164 Å². The molecule has 3 rings (SSSR count). The average Bonchev–Trinajstić information content (AvgIpc) is 2.71. The lowest BCUT2D eigenvalue weighted by Gasteiger charge is -2.26. The molecule has 2 aromatic carbocycles. The van der Waals surface area contributed by atoms with Crippen molar-refractivity contribution in [2.24, 2.45) is 0 Å². The van der Waals surface area contributed by atoms with Gasteiger partial charge in [-0.25, -0.2) is 4.79 Å². The Balaban J connectivity index is 1.61. The molecule has 2 N–H and O–H groups in total. The summed E-state index contributed by atoms with van der Waals surface area (Å²) in [4.78, 5) is 12.3. The number of hydrogen-bond donors (Lipinski definition) is 2. The Bertz CT molecular complexity index is 851. The van der Waals surface area contributed by atoms with E-state index in [9.17, 15) is 4.79 Å². The molecule has 0 spiro atoms. The van der Waals surface area contributed by atoms with Gasteiger partial charge in [-0.3, -0.25) is 0 Å². The van der Waals surface area contributed by atoms with E-state index in [1.807, 2.05) is 18.2 Å². The lowest BCUT2D eigenvalue weighted by molar-refractivity contribution is 0.171. The van der Waals surface area contributed by atoms with Crippen molar-refractivity contribution in [3.05, 3.63) is 42.0 Å². The fourth-order valence-corrected chi connectivity index (χ4v) is 2.96. The molecule has 2 aromatic rings. The number of amides is 2. The molecular weight excluding hydrogens is 360 g/mol. The largest absolute Gasteiger partial charge is 0.493 e. The summed E-state index contributed by atoms with van der Waals surface area (Å²) in [6.07, 6.45) is 0.